The highest BCUT2D eigenvalue weighted by molar-refractivity contribution is 5.65. The van der Waals surface area contributed by atoms with Crippen molar-refractivity contribution in [1.29, 1.82) is 0 Å². The molecule has 3 atom stereocenters. The molecular weight excluding hydrogens is 180 g/mol. The van der Waals surface area contributed by atoms with E-state index in [1.807, 2.05) is 0 Å². The number of hydrogen-bond donors (Lipinski definition) is 1. The highest BCUT2D eigenvalue weighted by atomic mass is 16.4. The zero-order valence-corrected chi connectivity index (χ0v) is 8.65. The Labute approximate surface area is 84.5 Å². The number of nitrogens with zero attached hydrogens (tertiary/aromatic N) is 2. The number of fused-ring (bicyclic) bond motifs is 2. The second-order valence-corrected chi connectivity index (χ2v) is 4.55. The second-order valence-electron chi connectivity index (χ2n) is 4.55. The van der Waals surface area contributed by atoms with Crippen molar-refractivity contribution in [2.45, 2.75) is 25.3 Å². The van der Waals surface area contributed by atoms with Gasteiger partial charge in [-0.25, -0.2) is 4.79 Å². The summed E-state index contributed by atoms with van der Waals surface area (Å²) in [5.74, 6) is 0.726. The average molecular weight is 198 g/mol. The minimum absolute atomic E-state index is 0.214. The van der Waals surface area contributed by atoms with Crippen LogP contribution in [0.2, 0.25) is 0 Å². The van der Waals surface area contributed by atoms with E-state index in [1.165, 1.54) is 24.3 Å². The summed E-state index contributed by atoms with van der Waals surface area (Å²) in [7, 11) is 1.69. The lowest BCUT2D eigenvalue weighted by atomic mass is 9.86. The number of carbonyl (C=O) groups is 1. The first-order valence-electron chi connectivity index (χ1n) is 5.35. The van der Waals surface area contributed by atoms with Crippen molar-refractivity contribution in [3.63, 3.8) is 0 Å². The molecule has 0 aromatic carbocycles. The van der Waals surface area contributed by atoms with Crippen LogP contribution in [-0.4, -0.2) is 53.7 Å². The fourth-order valence-corrected chi connectivity index (χ4v) is 2.70. The molecule has 4 nitrogen and oxygen atoms in total. The van der Waals surface area contributed by atoms with Gasteiger partial charge in [0, 0.05) is 26.2 Å². The van der Waals surface area contributed by atoms with Crippen LogP contribution in [-0.2, 0) is 0 Å². The van der Waals surface area contributed by atoms with Gasteiger partial charge in [-0.2, -0.15) is 0 Å². The molecular formula is C10H18N2O2. The van der Waals surface area contributed by atoms with Gasteiger partial charge < -0.3 is 14.9 Å². The maximum atomic E-state index is 10.8. The van der Waals surface area contributed by atoms with E-state index in [-0.39, 0.29) is 6.04 Å². The number of likely N-dealkylation sites (N-methyl/N-ethyl adjacent to an activating group) is 1. The Bertz CT molecular complexity index is 220. The van der Waals surface area contributed by atoms with Crippen molar-refractivity contribution in [2.24, 2.45) is 5.92 Å². The summed E-state index contributed by atoms with van der Waals surface area (Å²) < 4.78 is 0. The lowest BCUT2D eigenvalue weighted by molar-refractivity contribution is 0.0505. The molecule has 2 heterocycles. The van der Waals surface area contributed by atoms with Gasteiger partial charge in [-0.1, -0.05) is 0 Å². The molecule has 2 aliphatic rings. The summed E-state index contributed by atoms with van der Waals surface area (Å²) in [5, 5.41) is 8.90. The monoisotopic (exact) mass is 198 g/mol. The van der Waals surface area contributed by atoms with E-state index < -0.39 is 6.09 Å². The third-order valence-electron chi connectivity index (χ3n) is 3.53. The molecule has 1 amide bonds. The summed E-state index contributed by atoms with van der Waals surface area (Å²) in [6.45, 7) is 3.27. The molecule has 4 heteroatoms. The van der Waals surface area contributed by atoms with Crippen molar-refractivity contribution in [3.05, 3.63) is 0 Å². The van der Waals surface area contributed by atoms with Crippen LogP contribution in [0.3, 0.4) is 0 Å². The smallest absolute Gasteiger partial charge is 0.407 e. The molecule has 0 saturated carbocycles. The zero-order chi connectivity index (χ0) is 10.1. The quantitative estimate of drug-likeness (QED) is 0.685. The van der Waals surface area contributed by atoms with Gasteiger partial charge in [-0.15, -0.1) is 0 Å². The van der Waals surface area contributed by atoms with E-state index >= 15 is 0 Å². The van der Waals surface area contributed by atoms with Crippen LogP contribution in [0.25, 0.3) is 0 Å². The number of carboxylic acid groups (broad SMARTS) is 1. The van der Waals surface area contributed by atoms with Gasteiger partial charge in [0.25, 0.3) is 0 Å². The van der Waals surface area contributed by atoms with Crippen molar-refractivity contribution in [3.8, 4) is 0 Å². The Morgan fingerprint density at radius 1 is 1.50 bits per heavy atom. The van der Waals surface area contributed by atoms with Crippen molar-refractivity contribution in [2.75, 3.05) is 26.7 Å². The Morgan fingerprint density at radius 2 is 2.29 bits per heavy atom. The maximum absolute atomic E-state index is 10.8. The molecule has 3 unspecified atom stereocenters. The van der Waals surface area contributed by atoms with Gasteiger partial charge in [-0.05, 0) is 31.7 Å². The predicted octanol–water partition coefficient (Wildman–Crippen LogP) is 1.08. The first-order valence-corrected chi connectivity index (χ1v) is 5.35. The topological polar surface area (TPSA) is 43.8 Å². The maximum Gasteiger partial charge on any atom is 0.407 e. The van der Waals surface area contributed by atoms with Crippen molar-refractivity contribution < 1.29 is 9.90 Å². The molecule has 0 aromatic heterocycles. The SMILES string of the molecule is CN(C(=O)O)C1CC2CCCN(C2)C1. The molecule has 0 radical (unpaired) electrons. The summed E-state index contributed by atoms with van der Waals surface area (Å²) >= 11 is 0. The normalized spacial score (nSPS) is 36.5. The fraction of sp³-hybridized carbons (Fsp3) is 0.900. The van der Waals surface area contributed by atoms with Gasteiger partial charge >= 0.3 is 6.09 Å². The number of rotatable bonds is 1. The van der Waals surface area contributed by atoms with Crippen LogP contribution >= 0.6 is 0 Å². The van der Waals surface area contributed by atoms with Gasteiger partial charge in [0.1, 0.15) is 0 Å². The largest absolute Gasteiger partial charge is 0.465 e. The highest BCUT2D eigenvalue weighted by Gasteiger charge is 2.33. The average Bonchev–Trinajstić information content (AvgIpc) is 2.15. The molecule has 80 valence electrons. The predicted molar refractivity (Wildman–Crippen MR) is 53.4 cm³/mol. The molecule has 0 spiro atoms. The molecule has 0 aliphatic carbocycles. The first kappa shape index (κ1) is 9.77. The number of piperidine rings is 2. The van der Waals surface area contributed by atoms with E-state index in [1.54, 1.807) is 7.05 Å². The van der Waals surface area contributed by atoms with E-state index in [0.717, 1.165) is 25.4 Å². The number of hydrogen-bond acceptors (Lipinski definition) is 2. The van der Waals surface area contributed by atoms with Crippen LogP contribution in [0, 0.1) is 5.92 Å². The van der Waals surface area contributed by atoms with E-state index in [4.69, 9.17) is 5.11 Å². The molecule has 2 fully saturated rings. The van der Waals surface area contributed by atoms with Crippen LogP contribution < -0.4 is 0 Å². The third kappa shape index (κ3) is 1.85. The fourth-order valence-electron chi connectivity index (χ4n) is 2.70. The lowest BCUT2D eigenvalue weighted by Gasteiger charge is -2.43. The van der Waals surface area contributed by atoms with Crippen LogP contribution in [0.5, 0.6) is 0 Å². The summed E-state index contributed by atoms with van der Waals surface area (Å²) in [6, 6.07) is 0.214. The standard InChI is InChI=1S/C10H18N2O2/c1-11(10(13)14)9-5-8-3-2-4-12(6-8)7-9/h8-9H,2-7H2,1H3,(H,13,14). The Kier molecular flexibility index (Phi) is 2.63. The molecule has 14 heavy (non-hydrogen) atoms. The Morgan fingerprint density at radius 3 is 2.93 bits per heavy atom. The second kappa shape index (κ2) is 3.77. The summed E-state index contributed by atoms with van der Waals surface area (Å²) in [5.41, 5.74) is 0. The van der Waals surface area contributed by atoms with E-state index in [0.29, 0.717) is 0 Å². The van der Waals surface area contributed by atoms with Gasteiger partial charge in [-0.3, -0.25) is 0 Å². The molecule has 2 saturated heterocycles. The minimum Gasteiger partial charge on any atom is -0.465 e. The Hall–Kier alpha value is -0.770. The lowest BCUT2D eigenvalue weighted by Crippen LogP contribution is -2.53. The van der Waals surface area contributed by atoms with Crippen molar-refractivity contribution in [1.82, 2.24) is 9.80 Å². The first-order chi connectivity index (χ1) is 6.66. The Balaban J connectivity index is 1.98. The molecule has 1 N–H and O–H groups in total. The molecule has 2 bridgehead atoms. The van der Waals surface area contributed by atoms with Crippen LogP contribution in [0.4, 0.5) is 4.79 Å². The van der Waals surface area contributed by atoms with Gasteiger partial charge in [0.15, 0.2) is 0 Å². The van der Waals surface area contributed by atoms with Crippen LogP contribution in [0.15, 0.2) is 0 Å². The van der Waals surface area contributed by atoms with E-state index in [9.17, 15) is 4.79 Å². The molecule has 2 aliphatic heterocycles. The highest BCUT2D eigenvalue weighted by Crippen LogP contribution is 2.28. The van der Waals surface area contributed by atoms with Gasteiger partial charge in [0.05, 0.1) is 0 Å². The van der Waals surface area contributed by atoms with E-state index in [2.05, 4.69) is 4.90 Å². The third-order valence-corrected chi connectivity index (χ3v) is 3.53. The minimum atomic E-state index is -0.795. The van der Waals surface area contributed by atoms with Crippen molar-refractivity contribution >= 4 is 6.09 Å². The summed E-state index contributed by atoms with van der Waals surface area (Å²) in [4.78, 5) is 14.7. The molecule has 0 aromatic rings. The van der Waals surface area contributed by atoms with Gasteiger partial charge in [0.2, 0.25) is 0 Å². The zero-order valence-electron chi connectivity index (χ0n) is 8.65. The summed E-state index contributed by atoms with van der Waals surface area (Å²) in [6.07, 6.45) is 2.82. The number of amides is 1. The van der Waals surface area contributed by atoms with Crippen LogP contribution in [0.1, 0.15) is 19.3 Å². The molecule has 2 rings (SSSR count).